The van der Waals surface area contributed by atoms with E-state index in [0.717, 1.165) is 18.5 Å². The molecule has 4 nitrogen and oxygen atoms in total. The number of halogens is 1. The van der Waals surface area contributed by atoms with Crippen molar-refractivity contribution in [3.8, 4) is 0 Å². The van der Waals surface area contributed by atoms with Crippen molar-refractivity contribution in [3.63, 3.8) is 0 Å². The van der Waals surface area contributed by atoms with Gasteiger partial charge in [-0.1, -0.05) is 6.07 Å². The highest BCUT2D eigenvalue weighted by Crippen LogP contribution is 2.44. The number of benzene rings is 1. The molecule has 2 N–H and O–H groups in total. The van der Waals surface area contributed by atoms with Crippen molar-refractivity contribution in [1.29, 1.82) is 0 Å². The molecule has 18 heavy (non-hydrogen) atoms. The Morgan fingerprint density at radius 3 is 2.94 bits per heavy atom. The van der Waals surface area contributed by atoms with Gasteiger partial charge in [0.15, 0.2) is 5.96 Å². The monoisotopic (exact) mass is 249 g/mol. The predicted molar refractivity (Wildman–Crippen MR) is 68.1 cm³/mol. The molecule has 0 aromatic heterocycles. The highest BCUT2D eigenvalue weighted by molar-refractivity contribution is 5.98. The zero-order valence-electron chi connectivity index (χ0n) is 10.3. The molecule has 0 amide bonds. The van der Waals surface area contributed by atoms with E-state index in [1.54, 1.807) is 13.2 Å². The van der Waals surface area contributed by atoms with Gasteiger partial charge in [-0.15, -0.1) is 0 Å². The fraction of sp³-hybridized carbons (Fsp3) is 0.462. The standard InChI is InChI=1S/C13H16FN3O/c1-18-11-6-13(7-11)8-16-12(15)17(13)10-4-2-3-9(14)5-10/h2-5,11H,6-8H2,1H3,(H2,15,16). The summed E-state index contributed by atoms with van der Waals surface area (Å²) in [6.45, 7) is 0.662. The van der Waals surface area contributed by atoms with Crippen LogP contribution in [0.4, 0.5) is 10.1 Å². The minimum absolute atomic E-state index is 0.113. The summed E-state index contributed by atoms with van der Waals surface area (Å²) in [5.74, 6) is 0.208. The first-order valence-electron chi connectivity index (χ1n) is 6.03. The summed E-state index contributed by atoms with van der Waals surface area (Å²) in [6.07, 6.45) is 2.01. The predicted octanol–water partition coefficient (Wildman–Crippen LogP) is 1.51. The fourth-order valence-electron chi connectivity index (χ4n) is 2.90. The Balaban J connectivity index is 1.91. The molecular formula is C13H16FN3O. The maximum Gasteiger partial charge on any atom is 0.196 e. The van der Waals surface area contributed by atoms with Crippen LogP contribution in [-0.2, 0) is 4.74 Å². The number of guanidine groups is 1. The number of hydrogen-bond donors (Lipinski definition) is 1. The van der Waals surface area contributed by atoms with Crippen LogP contribution in [0.3, 0.4) is 0 Å². The molecule has 1 heterocycles. The quantitative estimate of drug-likeness (QED) is 0.864. The molecule has 0 unspecified atom stereocenters. The molecule has 0 atom stereocenters. The van der Waals surface area contributed by atoms with Crippen molar-refractivity contribution < 1.29 is 9.13 Å². The fourth-order valence-corrected chi connectivity index (χ4v) is 2.90. The number of anilines is 1. The van der Waals surface area contributed by atoms with Crippen LogP contribution in [0.1, 0.15) is 12.8 Å². The molecule has 1 fully saturated rings. The molecule has 0 saturated heterocycles. The first-order chi connectivity index (χ1) is 8.64. The lowest BCUT2D eigenvalue weighted by Crippen LogP contribution is -2.61. The molecule has 0 radical (unpaired) electrons. The van der Waals surface area contributed by atoms with E-state index in [-0.39, 0.29) is 17.5 Å². The molecule has 1 aliphatic heterocycles. The average molecular weight is 249 g/mol. The smallest absolute Gasteiger partial charge is 0.196 e. The Hall–Kier alpha value is -1.62. The summed E-state index contributed by atoms with van der Waals surface area (Å²) in [5.41, 5.74) is 6.60. The van der Waals surface area contributed by atoms with Gasteiger partial charge in [-0.25, -0.2) is 4.39 Å². The summed E-state index contributed by atoms with van der Waals surface area (Å²) in [4.78, 5) is 6.26. The van der Waals surface area contributed by atoms with Gasteiger partial charge in [0.05, 0.1) is 18.2 Å². The van der Waals surface area contributed by atoms with Gasteiger partial charge in [-0.05, 0) is 31.0 Å². The minimum atomic E-state index is -0.259. The summed E-state index contributed by atoms with van der Waals surface area (Å²) in [7, 11) is 1.71. The van der Waals surface area contributed by atoms with Gasteiger partial charge < -0.3 is 15.4 Å². The number of methoxy groups -OCH3 is 1. The van der Waals surface area contributed by atoms with E-state index in [9.17, 15) is 4.39 Å². The minimum Gasteiger partial charge on any atom is -0.381 e. The summed E-state index contributed by atoms with van der Waals surface area (Å²) in [6, 6.07) is 6.48. The number of nitrogens with two attached hydrogens (primary N) is 1. The Bertz CT molecular complexity index is 497. The van der Waals surface area contributed by atoms with Crippen LogP contribution in [0.15, 0.2) is 29.3 Å². The van der Waals surface area contributed by atoms with E-state index in [0.29, 0.717) is 12.5 Å². The van der Waals surface area contributed by atoms with Gasteiger partial charge >= 0.3 is 0 Å². The van der Waals surface area contributed by atoms with Crippen molar-refractivity contribution in [1.82, 2.24) is 0 Å². The van der Waals surface area contributed by atoms with Gasteiger partial charge in [0.1, 0.15) is 5.82 Å². The highest BCUT2D eigenvalue weighted by atomic mass is 19.1. The Morgan fingerprint density at radius 1 is 1.50 bits per heavy atom. The number of rotatable bonds is 2. The third-order valence-corrected chi connectivity index (χ3v) is 3.85. The van der Waals surface area contributed by atoms with E-state index in [1.807, 2.05) is 11.0 Å². The number of nitrogens with zero attached hydrogens (tertiary/aromatic N) is 2. The molecule has 1 spiro atoms. The first kappa shape index (κ1) is 11.5. The second-order valence-electron chi connectivity index (χ2n) is 4.98. The lowest BCUT2D eigenvalue weighted by molar-refractivity contribution is -0.00653. The van der Waals surface area contributed by atoms with Gasteiger partial charge in [-0.2, -0.15) is 0 Å². The molecule has 1 aromatic rings. The third kappa shape index (κ3) is 1.58. The molecule has 5 heteroatoms. The van der Waals surface area contributed by atoms with Crippen LogP contribution in [0.25, 0.3) is 0 Å². The van der Waals surface area contributed by atoms with E-state index < -0.39 is 0 Å². The van der Waals surface area contributed by atoms with Crippen LogP contribution in [0.2, 0.25) is 0 Å². The number of aliphatic imine (C=N–C) groups is 1. The number of ether oxygens (including phenoxy) is 1. The third-order valence-electron chi connectivity index (χ3n) is 3.85. The normalized spacial score (nSPS) is 30.4. The van der Waals surface area contributed by atoms with Gasteiger partial charge in [0.25, 0.3) is 0 Å². The molecule has 1 aliphatic carbocycles. The van der Waals surface area contributed by atoms with Crippen LogP contribution in [-0.4, -0.2) is 31.3 Å². The summed E-state index contributed by atoms with van der Waals surface area (Å²) in [5, 5.41) is 0. The van der Waals surface area contributed by atoms with Gasteiger partial charge in [0.2, 0.25) is 0 Å². The van der Waals surface area contributed by atoms with Crippen LogP contribution >= 0.6 is 0 Å². The first-order valence-corrected chi connectivity index (χ1v) is 6.03. The molecule has 1 saturated carbocycles. The second kappa shape index (κ2) is 3.95. The van der Waals surface area contributed by atoms with Crippen LogP contribution in [0, 0.1) is 5.82 Å². The Morgan fingerprint density at radius 2 is 2.28 bits per heavy atom. The zero-order chi connectivity index (χ0) is 12.8. The average Bonchev–Trinajstić information content (AvgIpc) is 2.64. The largest absolute Gasteiger partial charge is 0.381 e. The Kier molecular flexibility index (Phi) is 2.52. The molecule has 0 bridgehead atoms. The molecule has 1 aromatic carbocycles. The topological polar surface area (TPSA) is 50.9 Å². The zero-order valence-corrected chi connectivity index (χ0v) is 10.3. The van der Waals surface area contributed by atoms with Crippen molar-refractivity contribution in [2.24, 2.45) is 10.7 Å². The van der Waals surface area contributed by atoms with E-state index in [1.165, 1.54) is 12.1 Å². The van der Waals surface area contributed by atoms with Gasteiger partial charge in [0, 0.05) is 12.8 Å². The molecule has 3 rings (SSSR count). The molecular weight excluding hydrogens is 233 g/mol. The maximum atomic E-state index is 13.3. The van der Waals surface area contributed by atoms with E-state index >= 15 is 0 Å². The SMILES string of the molecule is COC1CC2(CN=C(N)N2c2cccc(F)c2)C1. The van der Waals surface area contributed by atoms with E-state index in [2.05, 4.69) is 4.99 Å². The summed E-state index contributed by atoms with van der Waals surface area (Å²) >= 11 is 0. The van der Waals surface area contributed by atoms with Crippen LogP contribution in [0.5, 0.6) is 0 Å². The molecule has 2 aliphatic rings. The van der Waals surface area contributed by atoms with E-state index in [4.69, 9.17) is 10.5 Å². The highest BCUT2D eigenvalue weighted by Gasteiger charge is 2.53. The van der Waals surface area contributed by atoms with Gasteiger partial charge in [-0.3, -0.25) is 4.99 Å². The van der Waals surface area contributed by atoms with Crippen molar-refractivity contribution in [2.75, 3.05) is 18.6 Å². The van der Waals surface area contributed by atoms with Crippen molar-refractivity contribution in [3.05, 3.63) is 30.1 Å². The molecule has 96 valence electrons. The van der Waals surface area contributed by atoms with Crippen molar-refractivity contribution >= 4 is 11.6 Å². The number of hydrogen-bond acceptors (Lipinski definition) is 4. The lowest BCUT2D eigenvalue weighted by Gasteiger charge is -2.50. The van der Waals surface area contributed by atoms with Crippen LogP contribution < -0.4 is 10.6 Å². The Labute approximate surface area is 105 Å². The lowest BCUT2D eigenvalue weighted by atomic mass is 9.73. The second-order valence-corrected chi connectivity index (χ2v) is 4.98. The summed E-state index contributed by atoms with van der Waals surface area (Å²) < 4.78 is 18.7. The van der Waals surface area contributed by atoms with Crippen molar-refractivity contribution in [2.45, 2.75) is 24.5 Å². The maximum absolute atomic E-state index is 13.3.